The van der Waals surface area contributed by atoms with Crippen LogP contribution in [-0.4, -0.2) is 58.0 Å². The summed E-state index contributed by atoms with van der Waals surface area (Å²) in [7, 11) is 0. The summed E-state index contributed by atoms with van der Waals surface area (Å²) in [5.74, 6) is 2.57. The van der Waals surface area contributed by atoms with Crippen LogP contribution in [0.4, 0.5) is 5.95 Å². The number of amides is 1. The van der Waals surface area contributed by atoms with E-state index in [0.29, 0.717) is 18.3 Å². The standard InChI is InChI=1S/C24H30N6O2/c1-17-7-12-29(13-8-17)16-19-4-5-22(32-19)23(31)27-18-9-14-30(15-18)24-26-11-6-21(28-24)20-3-2-10-25-20/h2-6,10-11,17-18,25H,7-9,12-16H2,1H3,(H,27,31). The predicted octanol–water partition coefficient (Wildman–Crippen LogP) is 3.31. The Morgan fingerprint density at radius 2 is 2.06 bits per heavy atom. The van der Waals surface area contributed by atoms with Gasteiger partial charge in [-0.05, 0) is 68.6 Å². The summed E-state index contributed by atoms with van der Waals surface area (Å²) in [6.07, 6.45) is 6.96. The van der Waals surface area contributed by atoms with Crippen molar-refractivity contribution in [1.82, 2.24) is 25.2 Å². The van der Waals surface area contributed by atoms with Crippen molar-refractivity contribution in [2.75, 3.05) is 31.1 Å². The zero-order chi connectivity index (χ0) is 21.9. The third-order valence-electron chi connectivity index (χ3n) is 6.46. The first-order valence-electron chi connectivity index (χ1n) is 11.5. The Labute approximate surface area is 188 Å². The summed E-state index contributed by atoms with van der Waals surface area (Å²) < 4.78 is 5.86. The van der Waals surface area contributed by atoms with Gasteiger partial charge in [0.2, 0.25) is 5.95 Å². The molecule has 2 aliphatic rings. The van der Waals surface area contributed by atoms with Crippen LogP contribution in [0.15, 0.2) is 47.1 Å². The average Bonchev–Trinajstić information content (AvgIpc) is 3.58. The maximum absolute atomic E-state index is 12.7. The van der Waals surface area contributed by atoms with Gasteiger partial charge in [0, 0.05) is 31.5 Å². The maximum atomic E-state index is 12.7. The Kier molecular flexibility index (Phi) is 5.94. The third kappa shape index (κ3) is 4.70. The molecule has 2 N–H and O–H groups in total. The summed E-state index contributed by atoms with van der Waals surface area (Å²) in [5, 5.41) is 3.11. The number of hydrogen-bond donors (Lipinski definition) is 2. The van der Waals surface area contributed by atoms with Crippen LogP contribution in [0.5, 0.6) is 0 Å². The van der Waals surface area contributed by atoms with Gasteiger partial charge in [-0.1, -0.05) is 6.92 Å². The van der Waals surface area contributed by atoms with E-state index in [1.807, 2.05) is 30.5 Å². The Bertz CT molecular complexity index is 1040. The minimum atomic E-state index is -0.156. The van der Waals surface area contributed by atoms with Gasteiger partial charge < -0.3 is 19.6 Å². The maximum Gasteiger partial charge on any atom is 0.287 e. The quantitative estimate of drug-likeness (QED) is 0.619. The molecule has 3 aromatic heterocycles. The van der Waals surface area contributed by atoms with Gasteiger partial charge in [-0.25, -0.2) is 9.97 Å². The van der Waals surface area contributed by atoms with Crippen molar-refractivity contribution in [3.63, 3.8) is 0 Å². The lowest BCUT2D eigenvalue weighted by atomic mass is 9.99. The van der Waals surface area contributed by atoms with E-state index >= 15 is 0 Å². The number of aromatic nitrogens is 3. The van der Waals surface area contributed by atoms with E-state index in [1.54, 1.807) is 12.3 Å². The number of aromatic amines is 1. The Morgan fingerprint density at radius 1 is 1.19 bits per heavy atom. The van der Waals surface area contributed by atoms with Gasteiger partial charge in [0.1, 0.15) is 5.76 Å². The molecule has 0 radical (unpaired) electrons. The van der Waals surface area contributed by atoms with Gasteiger partial charge in [-0.3, -0.25) is 9.69 Å². The minimum Gasteiger partial charge on any atom is -0.455 e. The molecule has 1 unspecified atom stereocenters. The van der Waals surface area contributed by atoms with Crippen molar-refractivity contribution in [3.8, 4) is 11.4 Å². The number of nitrogens with one attached hydrogen (secondary N) is 2. The first-order valence-corrected chi connectivity index (χ1v) is 11.5. The first kappa shape index (κ1) is 20.8. The number of nitrogens with zero attached hydrogens (tertiary/aromatic N) is 4. The highest BCUT2D eigenvalue weighted by molar-refractivity contribution is 5.91. The molecule has 2 saturated heterocycles. The van der Waals surface area contributed by atoms with Gasteiger partial charge in [0.05, 0.1) is 17.9 Å². The molecular weight excluding hydrogens is 404 g/mol. The highest BCUT2D eigenvalue weighted by atomic mass is 16.4. The minimum absolute atomic E-state index is 0.0392. The highest BCUT2D eigenvalue weighted by Crippen LogP contribution is 2.22. The first-order chi connectivity index (χ1) is 15.6. The molecule has 5 heterocycles. The summed E-state index contributed by atoms with van der Waals surface area (Å²) in [4.78, 5) is 29.5. The zero-order valence-electron chi connectivity index (χ0n) is 18.5. The normalized spacial score (nSPS) is 20.0. The lowest BCUT2D eigenvalue weighted by Crippen LogP contribution is -2.37. The second-order valence-electron chi connectivity index (χ2n) is 8.96. The molecule has 168 valence electrons. The number of H-pyrrole nitrogens is 1. The van der Waals surface area contributed by atoms with Crippen LogP contribution < -0.4 is 10.2 Å². The van der Waals surface area contributed by atoms with E-state index < -0.39 is 0 Å². The number of rotatable bonds is 6. The molecule has 2 aliphatic heterocycles. The van der Waals surface area contributed by atoms with Crippen molar-refractivity contribution < 1.29 is 9.21 Å². The summed E-state index contributed by atoms with van der Waals surface area (Å²) in [6, 6.07) is 9.58. The van der Waals surface area contributed by atoms with Crippen LogP contribution in [0, 0.1) is 5.92 Å². The zero-order valence-corrected chi connectivity index (χ0v) is 18.5. The summed E-state index contributed by atoms with van der Waals surface area (Å²) >= 11 is 0. The van der Waals surface area contributed by atoms with Crippen molar-refractivity contribution in [2.45, 2.75) is 38.8 Å². The van der Waals surface area contributed by atoms with Gasteiger partial charge in [-0.15, -0.1) is 0 Å². The number of furan rings is 1. The van der Waals surface area contributed by atoms with Crippen LogP contribution in [0.3, 0.4) is 0 Å². The fraction of sp³-hybridized carbons (Fsp3) is 0.458. The number of hydrogen-bond acceptors (Lipinski definition) is 6. The lowest BCUT2D eigenvalue weighted by Gasteiger charge is -2.29. The lowest BCUT2D eigenvalue weighted by molar-refractivity contribution is 0.0907. The van der Waals surface area contributed by atoms with E-state index in [9.17, 15) is 4.79 Å². The van der Waals surface area contributed by atoms with Crippen molar-refractivity contribution in [1.29, 1.82) is 0 Å². The second kappa shape index (κ2) is 9.16. The summed E-state index contributed by atoms with van der Waals surface area (Å²) in [5.41, 5.74) is 1.82. The molecule has 8 heteroatoms. The molecular formula is C24H30N6O2. The Morgan fingerprint density at radius 3 is 2.88 bits per heavy atom. The molecule has 32 heavy (non-hydrogen) atoms. The number of anilines is 1. The number of likely N-dealkylation sites (tertiary alicyclic amines) is 1. The number of carbonyl (C=O) groups is 1. The Balaban J connectivity index is 1.15. The molecule has 0 spiro atoms. The molecule has 1 atom stereocenters. The smallest absolute Gasteiger partial charge is 0.287 e. The average molecular weight is 435 g/mol. The monoisotopic (exact) mass is 434 g/mol. The predicted molar refractivity (Wildman–Crippen MR) is 122 cm³/mol. The van der Waals surface area contributed by atoms with Crippen molar-refractivity contribution in [3.05, 3.63) is 54.2 Å². The van der Waals surface area contributed by atoms with E-state index in [1.165, 1.54) is 12.8 Å². The van der Waals surface area contributed by atoms with Crippen LogP contribution in [-0.2, 0) is 6.54 Å². The van der Waals surface area contributed by atoms with E-state index in [4.69, 9.17) is 4.42 Å². The van der Waals surface area contributed by atoms with Gasteiger partial charge >= 0.3 is 0 Å². The van der Waals surface area contributed by atoms with Gasteiger partial charge in [-0.2, -0.15) is 0 Å². The highest BCUT2D eigenvalue weighted by Gasteiger charge is 2.27. The van der Waals surface area contributed by atoms with E-state index in [0.717, 1.165) is 55.7 Å². The van der Waals surface area contributed by atoms with Gasteiger partial charge in [0.15, 0.2) is 5.76 Å². The largest absolute Gasteiger partial charge is 0.455 e. The van der Waals surface area contributed by atoms with E-state index in [-0.39, 0.29) is 11.9 Å². The number of piperidine rings is 1. The van der Waals surface area contributed by atoms with Gasteiger partial charge in [0.25, 0.3) is 5.91 Å². The molecule has 0 aromatic carbocycles. The molecule has 2 fully saturated rings. The fourth-order valence-electron chi connectivity index (χ4n) is 4.48. The molecule has 8 nitrogen and oxygen atoms in total. The van der Waals surface area contributed by atoms with Crippen LogP contribution >= 0.6 is 0 Å². The van der Waals surface area contributed by atoms with Crippen molar-refractivity contribution in [2.24, 2.45) is 5.92 Å². The van der Waals surface area contributed by atoms with E-state index in [2.05, 4.69) is 37.0 Å². The number of carbonyl (C=O) groups excluding carboxylic acids is 1. The topological polar surface area (TPSA) is 90.3 Å². The molecule has 0 aliphatic carbocycles. The molecule has 3 aromatic rings. The summed E-state index contributed by atoms with van der Waals surface area (Å²) in [6.45, 7) is 6.74. The molecule has 5 rings (SSSR count). The Hall–Kier alpha value is -3.13. The van der Waals surface area contributed by atoms with Crippen LogP contribution in [0.2, 0.25) is 0 Å². The second-order valence-corrected chi connectivity index (χ2v) is 8.96. The van der Waals surface area contributed by atoms with Crippen LogP contribution in [0.1, 0.15) is 42.5 Å². The van der Waals surface area contributed by atoms with Crippen molar-refractivity contribution >= 4 is 11.9 Å². The SMILES string of the molecule is CC1CCN(Cc2ccc(C(=O)NC3CCN(c4nccc(-c5ccc[nH]5)n4)C3)o2)CC1. The molecule has 0 bridgehead atoms. The fourth-order valence-corrected chi connectivity index (χ4v) is 4.48. The van der Waals surface area contributed by atoms with Crippen LogP contribution in [0.25, 0.3) is 11.4 Å². The molecule has 0 saturated carbocycles. The third-order valence-corrected chi connectivity index (χ3v) is 6.46. The molecule has 1 amide bonds.